The third kappa shape index (κ3) is 3.02. The van der Waals surface area contributed by atoms with E-state index in [-0.39, 0.29) is 0 Å². The highest BCUT2D eigenvalue weighted by Crippen LogP contribution is 2.15. The van der Waals surface area contributed by atoms with E-state index in [1.165, 1.54) is 0 Å². The van der Waals surface area contributed by atoms with Gasteiger partial charge in [-0.3, -0.25) is 14.4 Å². The van der Waals surface area contributed by atoms with Gasteiger partial charge in [0.05, 0.1) is 0 Å². The first-order chi connectivity index (χ1) is 6.18. The van der Waals surface area contributed by atoms with Crippen molar-refractivity contribution >= 4 is 17.9 Å². The molecular weight excluding hydrogens is 194 g/mol. The molecule has 0 bridgehead atoms. The molecule has 0 aliphatic heterocycles. The Morgan fingerprint density at radius 3 is 1.79 bits per heavy atom. The molecule has 0 fully saturated rings. The minimum atomic E-state index is -1.86. The molecule has 0 heterocycles. The SMILES string of the molecule is CC(N)(CC(C(=O)O)C(=O)O)C(=O)O. The number of rotatable bonds is 5. The predicted molar refractivity (Wildman–Crippen MR) is 43.6 cm³/mol. The molecule has 1 atom stereocenters. The van der Waals surface area contributed by atoms with Gasteiger partial charge in [0.1, 0.15) is 5.54 Å². The van der Waals surface area contributed by atoms with Crippen LogP contribution in [0.5, 0.6) is 0 Å². The molecule has 1 unspecified atom stereocenters. The molecule has 7 nitrogen and oxygen atoms in total. The van der Waals surface area contributed by atoms with E-state index >= 15 is 0 Å². The molecule has 7 heteroatoms. The average Bonchev–Trinajstić information content (AvgIpc) is 1.98. The van der Waals surface area contributed by atoms with Crippen LogP contribution in [-0.4, -0.2) is 38.8 Å². The van der Waals surface area contributed by atoms with Gasteiger partial charge in [0.2, 0.25) is 0 Å². The first-order valence-electron chi connectivity index (χ1n) is 3.66. The molecule has 0 aliphatic carbocycles. The summed E-state index contributed by atoms with van der Waals surface area (Å²) in [7, 11) is 0. The van der Waals surface area contributed by atoms with Gasteiger partial charge in [-0.2, -0.15) is 0 Å². The van der Waals surface area contributed by atoms with Gasteiger partial charge in [-0.05, 0) is 13.3 Å². The summed E-state index contributed by atoms with van der Waals surface area (Å²) in [6.45, 7) is 1.06. The molecule has 0 saturated carbocycles. The van der Waals surface area contributed by atoms with Gasteiger partial charge in [-0.1, -0.05) is 0 Å². The fraction of sp³-hybridized carbons (Fsp3) is 0.571. The summed E-state index contributed by atoms with van der Waals surface area (Å²) in [5, 5.41) is 25.5. The maximum absolute atomic E-state index is 10.5. The first kappa shape index (κ1) is 12.4. The van der Waals surface area contributed by atoms with Crippen molar-refractivity contribution in [3.05, 3.63) is 0 Å². The molecule has 0 aliphatic rings. The molecule has 0 rings (SSSR count). The topological polar surface area (TPSA) is 138 Å². The summed E-state index contributed by atoms with van der Waals surface area (Å²) < 4.78 is 0. The van der Waals surface area contributed by atoms with E-state index in [0.717, 1.165) is 6.92 Å². The van der Waals surface area contributed by atoms with Crippen LogP contribution in [0.4, 0.5) is 0 Å². The second kappa shape index (κ2) is 4.05. The molecule has 0 saturated heterocycles. The lowest BCUT2D eigenvalue weighted by atomic mass is 9.90. The van der Waals surface area contributed by atoms with Crippen LogP contribution in [-0.2, 0) is 14.4 Å². The second-order valence-corrected chi connectivity index (χ2v) is 3.16. The predicted octanol–water partition coefficient (Wildman–Crippen LogP) is -1.04. The van der Waals surface area contributed by atoms with Crippen molar-refractivity contribution in [1.82, 2.24) is 0 Å². The van der Waals surface area contributed by atoms with E-state index in [1.807, 2.05) is 0 Å². The maximum atomic E-state index is 10.5. The van der Waals surface area contributed by atoms with Crippen molar-refractivity contribution in [2.75, 3.05) is 0 Å². The lowest BCUT2D eigenvalue weighted by molar-refractivity contribution is -0.156. The monoisotopic (exact) mass is 205 g/mol. The number of hydrogen-bond donors (Lipinski definition) is 4. The molecule has 80 valence electrons. The number of aliphatic carboxylic acids is 3. The number of hydrogen-bond acceptors (Lipinski definition) is 4. The van der Waals surface area contributed by atoms with Crippen molar-refractivity contribution in [3.63, 3.8) is 0 Å². The number of carbonyl (C=O) groups is 3. The molecule has 0 radical (unpaired) electrons. The summed E-state index contributed by atoms with van der Waals surface area (Å²) in [6, 6.07) is 0. The van der Waals surface area contributed by atoms with E-state index in [9.17, 15) is 14.4 Å². The summed E-state index contributed by atoms with van der Waals surface area (Å²) in [4.78, 5) is 31.3. The Labute approximate surface area is 79.1 Å². The highest BCUT2D eigenvalue weighted by Gasteiger charge is 2.38. The Balaban J connectivity index is 4.69. The quantitative estimate of drug-likeness (QED) is 0.420. The van der Waals surface area contributed by atoms with E-state index < -0.39 is 35.8 Å². The van der Waals surface area contributed by atoms with Gasteiger partial charge in [0.15, 0.2) is 5.92 Å². The van der Waals surface area contributed by atoms with Crippen LogP contribution in [0, 0.1) is 5.92 Å². The zero-order valence-corrected chi connectivity index (χ0v) is 7.43. The zero-order valence-electron chi connectivity index (χ0n) is 7.43. The van der Waals surface area contributed by atoms with E-state index in [4.69, 9.17) is 21.1 Å². The summed E-state index contributed by atoms with van der Waals surface area (Å²) in [5.41, 5.74) is 3.35. The number of nitrogens with two attached hydrogens (primary N) is 1. The van der Waals surface area contributed by atoms with Crippen molar-refractivity contribution < 1.29 is 29.7 Å². The van der Waals surface area contributed by atoms with E-state index in [2.05, 4.69) is 0 Å². The van der Waals surface area contributed by atoms with Crippen molar-refractivity contribution in [2.24, 2.45) is 11.7 Å². The van der Waals surface area contributed by atoms with Crippen LogP contribution in [0.2, 0.25) is 0 Å². The Morgan fingerprint density at radius 1 is 1.21 bits per heavy atom. The normalized spacial score (nSPS) is 14.8. The highest BCUT2D eigenvalue weighted by molar-refractivity contribution is 5.94. The van der Waals surface area contributed by atoms with E-state index in [1.54, 1.807) is 0 Å². The van der Waals surface area contributed by atoms with Crippen LogP contribution < -0.4 is 5.73 Å². The molecule has 14 heavy (non-hydrogen) atoms. The lowest BCUT2D eigenvalue weighted by Gasteiger charge is -2.20. The van der Waals surface area contributed by atoms with Crippen LogP contribution in [0.3, 0.4) is 0 Å². The third-order valence-corrected chi connectivity index (χ3v) is 1.71. The highest BCUT2D eigenvalue weighted by atomic mass is 16.4. The van der Waals surface area contributed by atoms with Gasteiger partial charge >= 0.3 is 17.9 Å². The average molecular weight is 205 g/mol. The molecule has 0 aromatic heterocycles. The number of carboxylic acids is 3. The number of carboxylic acid groups (broad SMARTS) is 3. The third-order valence-electron chi connectivity index (χ3n) is 1.71. The minimum absolute atomic E-state index is 0.660. The molecule has 0 spiro atoms. The van der Waals surface area contributed by atoms with Crippen LogP contribution in [0.1, 0.15) is 13.3 Å². The Morgan fingerprint density at radius 2 is 1.57 bits per heavy atom. The molecule has 0 aromatic rings. The fourth-order valence-electron chi connectivity index (χ4n) is 0.792. The largest absolute Gasteiger partial charge is 0.481 e. The minimum Gasteiger partial charge on any atom is -0.481 e. The Kier molecular flexibility index (Phi) is 3.58. The van der Waals surface area contributed by atoms with E-state index in [0.29, 0.717) is 0 Å². The summed E-state index contributed by atoms with van der Waals surface area (Å²) >= 11 is 0. The molecular formula is C7H11NO6. The van der Waals surface area contributed by atoms with Gasteiger partial charge in [0.25, 0.3) is 0 Å². The Bertz CT molecular complexity index is 257. The molecule has 5 N–H and O–H groups in total. The smallest absolute Gasteiger partial charge is 0.323 e. The summed E-state index contributed by atoms with van der Waals surface area (Å²) in [5.74, 6) is -6.45. The van der Waals surface area contributed by atoms with Gasteiger partial charge in [-0.15, -0.1) is 0 Å². The van der Waals surface area contributed by atoms with Gasteiger partial charge in [-0.25, -0.2) is 0 Å². The van der Waals surface area contributed by atoms with Gasteiger partial charge in [0, 0.05) is 0 Å². The maximum Gasteiger partial charge on any atom is 0.323 e. The van der Waals surface area contributed by atoms with Crippen molar-refractivity contribution in [3.8, 4) is 0 Å². The summed E-state index contributed by atoms with van der Waals surface area (Å²) in [6.07, 6.45) is -0.660. The lowest BCUT2D eigenvalue weighted by Crippen LogP contribution is -2.48. The second-order valence-electron chi connectivity index (χ2n) is 3.16. The Hall–Kier alpha value is -1.63. The van der Waals surface area contributed by atoms with Crippen molar-refractivity contribution in [1.29, 1.82) is 0 Å². The van der Waals surface area contributed by atoms with Crippen LogP contribution in [0.25, 0.3) is 0 Å². The van der Waals surface area contributed by atoms with Crippen LogP contribution >= 0.6 is 0 Å². The van der Waals surface area contributed by atoms with Crippen LogP contribution in [0.15, 0.2) is 0 Å². The van der Waals surface area contributed by atoms with Crippen molar-refractivity contribution in [2.45, 2.75) is 18.9 Å². The first-order valence-corrected chi connectivity index (χ1v) is 3.66. The zero-order chi connectivity index (χ0) is 11.5. The molecule has 0 aromatic carbocycles. The standard InChI is InChI=1S/C7H11NO6/c1-7(8,6(13)14)2-3(4(9)10)5(11)12/h3H,2,8H2,1H3,(H,9,10)(H,11,12)(H,13,14). The van der Waals surface area contributed by atoms with Gasteiger partial charge < -0.3 is 21.1 Å². The molecule has 0 amide bonds. The fourth-order valence-corrected chi connectivity index (χ4v) is 0.792.